The normalized spacial score (nSPS) is 22.9. The van der Waals surface area contributed by atoms with Crippen LogP contribution in [0.25, 0.3) is 0 Å². The van der Waals surface area contributed by atoms with Crippen molar-refractivity contribution in [1.29, 1.82) is 0 Å². The molecule has 1 unspecified atom stereocenters. The van der Waals surface area contributed by atoms with Gasteiger partial charge in [0.2, 0.25) is 0 Å². The summed E-state index contributed by atoms with van der Waals surface area (Å²) in [5, 5.41) is 3.32. The first-order chi connectivity index (χ1) is 9.33. The highest BCUT2D eigenvalue weighted by molar-refractivity contribution is 5.80. The Morgan fingerprint density at radius 3 is 2.60 bits per heavy atom. The molecule has 0 aromatic rings. The van der Waals surface area contributed by atoms with Crippen LogP contribution in [0.5, 0.6) is 0 Å². The number of nitrogens with zero attached hydrogens (tertiary/aromatic N) is 1. The number of nitrogens with one attached hydrogen (secondary N) is 1. The third-order valence-corrected chi connectivity index (χ3v) is 4.27. The van der Waals surface area contributed by atoms with Gasteiger partial charge in [-0.15, -0.1) is 0 Å². The van der Waals surface area contributed by atoms with E-state index in [-0.39, 0.29) is 5.97 Å². The second-order valence-electron chi connectivity index (χ2n) is 6.88. The van der Waals surface area contributed by atoms with Crippen molar-refractivity contribution in [2.24, 2.45) is 5.41 Å². The Kier molecular flexibility index (Phi) is 6.46. The minimum atomic E-state index is -0.598. The van der Waals surface area contributed by atoms with Gasteiger partial charge in [-0.25, -0.2) is 0 Å². The molecule has 1 rings (SSSR count). The Bertz CT molecular complexity index is 318. The Morgan fingerprint density at radius 1 is 1.30 bits per heavy atom. The molecule has 4 heteroatoms. The van der Waals surface area contributed by atoms with E-state index in [2.05, 4.69) is 24.1 Å². The number of hydrogen-bond acceptors (Lipinski definition) is 4. The average molecular weight is 284 g/mol. The zero-order valence-electron chi connectivity index (χ0n) is 13.9. The molecule has 0 aromatic carbocycles. The van der Waals surface area contributed by atoms with E-state index >= 15 is 0 Å². The van der Waals surface area contributed by atoms with Crippen LogP contribution in [0.2, 0.25) is 0 Å². The number of rotatable bonds is 6. The first-order valence-electron chi connectivity index (χ1n) is 7.97. The lowest BCUT2D eigenvalue weighted by molar-refractivity contribution is -0.151. The van der Waals surface area contributed by atoms with Gasteiger partial charge in [0.25, 0.3) is 0 Å². The Balaban J connectivity index is 2.67. The predicted octanol–water partition coefficient (Wildman–Crippen LogP) is 2.43. The lowest BCUT2D eigenvalue weighted by Crippen LogP contribution is -2.57. The van der Waals surface area contributed by atoms with E-state index in [0.717, 1.165) is 26.2 Å². The Morgan fingerprint density at radius 2 is 2.00 bits per heavy atom. The van der Waals surface area contributed by atoms with Gasteiger partial charge in [-0.05, 0) is 58.2 Å². The van der Waals surface area contributed by atoms with Crippen LogP contribution in [0.4, 0.5) is 0 Å². The summed E-state index contributed by atoms with van der Waals surface area (Å²) in [5.74, 6) is -0.134. The maximum absolute atomic E-state index is 12.2. The van der Waals surface area contributed by atoms with Crippen molar-refractivity contribution in [1.82, 2.24) is 10.2 Å². The second kappa shape index (κ2) is 7.41. The van der Waals surface area contributed by atoms with Gasteiger partial charge >= 0.3 is 5.97 Å². The van der Waals surface area contributed by atoms with Crippen LogP contribution < -0.4 is 5.32 Å². The molecule has 0 spiro atoms. The summed E-state index contributed by atoms with van der Waals surface area (Å²) in [4.78, 5) is 14.6. The van der Waals surface area contributed by atoms with Crippen molar-refractivity contribution in [2.75, 3.05) is 32.8 Å². The fraction of sp³-hybridized carbons (Fsp3) is 0.938. The number of likely N-dealkylation sites (N-methyl/N-ethyl adjacent to an activating group) is 1. The Labute approximate surface area is 124 Å². The molecule has 4 nitrogen and oxygen atoms in total. The van der Waals surface area contributed by atoms with Crippen molar-refractivity contribution in [2.45, 2.75) is 59.4 Å². The van der Waals surface area contributed by atoms with E-state index in [1.807, 2.05) is 20.8 Å². The maximum atomic E-state index is 12.2. The molecular weight excluding hydrogens is 252 g/mol. The molecule has 1 N–H and O–H groups in total. The number of esters is 1. The molecule has 1 aliphatic heterocycles. The standard InChI is InChI=1S/C16H32N2O2/c1-6-17-16(5,14(19)20-7-2)13-18-11-8-9-15(3,4)10-12-18/h17H,6-13H2,1-5H3. The molecule has 1 fully saturated rings. The van der Waals surface area contributed by atoms with Crippen molar-refractivity contribution < 1.29 is 9.53 Å². The first kappa shape index (κ1) is 17.4. The SMILES string of the molecule is CCNC(C)(CN1CCCC(C)(C)CC1)C(=O)OCC. The lowest BCUT2D eigenvalue weighted by Gasteiger charge is -2.34. The van der Waals surface area contributed by atoms with Crippen LogP contribution in [0.1, 0.15) is 53.9 Å². The largest absolute Gasteiger partial charge is 0.465 e. The number of hydrogen-bond donors (Lipinski definition) is 1. The van der Waals surface area contributed by atoms with Gasteiger partial charge in [0.1, 0.15) is 5.54 Å². The number of carbonyl (C=O) groups is 1. The molecule has 0 aliphatic carbocycles. The highest BCUT2D eigenvalue weighted by Gasteiger charge is 2.36. The van der Waals surface area contributed by atoms with E-state index < -0.39 is 5.54 Å². The van der Waals surface area contributed by atoms with Crippen molar-refractivity contribution >= 4 is 5.97 Å². The molecule has 20 heavy (non-hydrogen) atoms. The molecule has 0 aromatic heterocycles. The predicted molar refractivity (Wildman–Crippen MR) is 82.8 cm³/mol. The molecule has 0 saturated carbocycles. The summed E-state index contributed by atoms with van der Waals surface area (Å²) in [6.45, 7) is 14.6. The molecule has 1 saturated heterocycles. The zero-order chi connectivity index (χ0) is 15.2. The summed E-state index contributed by atoms with van der Waals surface area (Å²) in [6.07, 6.45) is 3.66. The summed E-state index contributed by atoms with van der Waals surface area (Å²) >= 11 is 0. The van der Waals surface area contributed by atoms with E-state index in [0.29, 0.717) is 12.0 Å². The van der Waals surface area contributed by atoms with Gasteiger partial charge in [0, 0.05) is 6.54 Å². The number of carbonyl (C=O) groups excluding carboxylic acids is 1. The number of likely N-dealkylation sites (tertiary alicyclic amines) is 1. The van der Waals surface area contributed by atoms with Crippen molar-refractivity contribution in [3.05, 3.63) is 0 Å². The molecule has 1 atom stereocenters. The summed E-state index contributed by atoms with van der Waals surface area (Å²) < 4.78 is 5.25. The van der Waals surface area contributed by atoms with Crippen molar-refractivity contribution in [3.63, 3.8) is 0 Å². The van der Waals surface area contributed by atoms with Crippen LogP contribution in [0, 0.1) is 5.41 Å². The highest BCUT2D eigenvalue weighted by atomic mass is 16.5. The lowest BCUT2D eigenvalue weighted by atomic mass is 9.85. The molecule has 1 heterocycles. The summed E-state index contributed by atoms with van der Waals surface area (Å²) in [7, 11) is 0. The van der Waals surface area contributed by atoms with E-state index in [1.54, 1.807) is 0 Å². The third kappa shape index (κ3) is 5.06. The maximum Gasteiger partial charge on any atom is 0.327 e. The van der Waals surface area contributed by atoms with E-state index in [1.165, 1.54) is 19.3 Å². The fourth-order valence-corrected chi connectivity index (χ4v) is 2.96. The van der Waals surface area contributed by atoms with Gasteiger partial charge in [0.05, 0.1) is 6.61 Å². The van der Waals surface area contributed by atoms with Gasteiger partial charge in [-0.2, -0.15) is 0 Å². The summed E-state index contributed by atoms with van der Waals surface area (Å²) in [5.41, 5.74) is -0.174. The quantitative estimate of drug-likeness (QED) is 0.761. The zero-order valence-corrected chi connectivity index (χ0v) is 13.9. The van der Waals surface area contributed by atoms with Gasteiger partial charge < -0.3 is 15.0 Å². The highest BCUT2D eigenvalue weighted by Crippen LogP contribution is 2.30. The monoisotopic (exact) mass is 284 g/mol. The molecule has 0 radical (unpaired) electrons. The minimum Gasteiger partial charge on any atom is -0.465 e. The summed E-state index contributed by atoms with van der Waals surface area (Å²) in [6, 6.07) is 0. The molecule has 118 valence electrons. The Hall–Kier alpha value is -0.610. The van der Waals surface area contributed by atoms with E-state index in [9.17, 15) is 4.79 Å². The van der Waals surface area contributed by atoms with Crippen LogP contribution in [-0.2, 0) is 9.53 Å². The van der Waals surface area contributed by atoms with Gasteiger partial charge in [-0.1, -0.05) is 20.8 Å². The molecular formula is C16H32N2O2. The first-order valence-corrected chi connectivity index (χ1v) is 7.97. The molecule has 1 aliphatic rings. The van der Waals surface area contributed by atoms with Crippen molar-refractivity contribution in [3.8, 4) is 0 Å². The topological polar surface area (TPSA) is 41.6 Å². The molecule has 0 bridgehead atoms. The van der Waals surface area contributed by atoms with Crippen LogP contribution in [-0.4, -0.2) is 49.2 Å². The van der Waals surface area contributed by atoms with Crippen LogP contribution in [0.3, 0.4) is 0 Å². The van der Waals surface area contributed by atoms with Crippen LogP contribution >= 0.6 is 0 Å². The number of ether oxygens (including phenoxy) is 1. The fourth-order valence-electron chi connectivity index (χ4n) is 2.96. The van der Waals surface area contributed by atoms with Gasteiger partial charge in [-0.3, -0.25) is 4.79 Å². The smallest absolute Gasteiger partial charge is 0.327 e. The van der Waals surface area contributed by atoms with E-state index in [4.69, 9.17) is 4.74 Å². The minimum absolute atomic E-state index is 0.134. The average Bonchev–Trinajstić information content (AvgIpc) is 2.51. The van der Waals surface area contributed by atoms with Crippen LogP contribution in [0.15, 0.2) is 0 Å². The second-order valence-corrected chi connectivity index (χ2v) is 6.88. The third-order valence-electron chi connectivity index (χ3n) is 4.27. The van der Waals surface area contributed by atoms with Gasteiger partial charge in [0.15, 0.2) is 0 Å². The molecule has 0 amide bonds.